The summed E-state index contributed by atoms with van der Waals surface area (Å²) in [5.41, 5.74) is 1.73. The molecule has 0 aliphatic heterocycles. The Labute approximate surface area is 111 Å². The molecule has 0 spiro atoms. The Balaban J connectivity index is 2.30. The fraction of sp³-hybridized carbons (Fsp3) is 0.812. The Morgan fingerprint density at radius 1 is 1.44 bits per heavy atom. The van der Waals surface area contributed by atoms with Gasteiger partial charge in [-0.05, 0) is 49.4 Å². The van der Waals surface area contributed by atoms with Crippen molar-refractivity contribution in [1.82, 2.24) is 5.32 Å². The minimum absolute atomic E-state index is 0.300. The molecule has 0 aromatic heterocycles. The SMILES string of the molecule is C=C1CCC[C@]2(C)CC[C@@H](C(C)C)[C@@H](NC=O)[C@H]12. The molecular formula is C16H27NO. The molecule has 0 heterocycles. The second-order valence-electron chi connectivity index (χ2n) is 6.90. The van der Waals surface area contributed by atoms with Crippen molar-refractivity contribution >= 4 is 6.41 Å². The van der Waals surface area contributed by atoms with Crippen molar-refractivity contribution in [3.8, 4) is 0 Å². The van der Waals surface area contributed by atoms with Gasteiger partial charge in [0.2, 0.25) is 6.41 Å². The summed E-state index contributed by atoms with van der Waals surface area (Å²) in [5.74, 6) is 1.71. The Hall–Kier alpha value is -0.790. The van der Waals surface area contributed by atoms with Crippen LogP contribution in [0, 0.1) is 23.2 Å². The summed E-state index contributed by atoms with van der Waals surface area (Å²) in [6, 6.07) is 0.300. The second-order valence-corrected chi connectivity index (χ2v) is 6.90. The lowest BCUT2D eigenvalue weighted by Gasteiger charge is -2.54. The maximum Gasteiger partial charge on any atom is 0.207 e. The number of fused-ring (bicyclic) bond motifs is 1. The molecule has 0 unspecified atom stereocenters. The Morgan fingerprint density at radius 3 is 2.78 bits per heavy atom. The van der Waals surface area contributed by atoms with E-state index in [4.69, 9.17) is 0 Å². The third-order valence-electron chi connectivity index (χ3n) is 5.42. The minimum Gasteiger partial charge on any atom is -0.355 e. The van der Waals surface area contributed by atoms with Gasteiger partial charge < -0.3 is 5.32 Å². The van der Waals surface area contributed by atoms with E-state index >= 15 is 0 Å². The van der Waals surface area contributed by atoms with Crippen LogP contribution in [-0.4, -0.2) is 12.5 Å². The zero-order valence-electron chi connectivity index (χ0n) is 12.0. The van der Waals surface area contributed by atoms with E-state index in [0.29, 0.717) is 29.2 Å². The fourth-order valence-electron chi connectivity index (χ4n) is 4.46. The van der Waals surface area contributed by atoms with E-state index in [1.165, 1.54) is 31.3 Å². The quantitative estimate of drug-likeness (QED) is 0.601. The van der Waals surface area contributed by atoms with Gasteiger partial charge in [0.15, 0.2) is 0 Å². The average molecular weight is 249 g/mol. The van der Waals surface area contributed by atoms with Crippen LogP contribution in [0.5, 0.6) is 0 Å². The highest BCUT2D eigenvalue weighted by Crippen LogP contribution is 2.54. The zero-order chi connectivity index (χ0) is 13.3. The van der Waals surface area contributed by atoms with Crippen molar-refractivity contribution in [3.63, 3.8) is 0 Å². The maximum absolute atomic E-state index is 11.0. The molecule has 0 aromatic carbocycles. The first-order chi connectivity index (χ1) is 8.49. The predicted molar refractivity (Wildman–Crippen MR) is 75.1 cm³/mol. The van der Waals surface area contributed by atoms with Crippen molar-refractivity contribution in [2.45, 2.75) is 58.9 Å². The molecule has 2 aliphatic rings. The Bertz CT molecular complexity index is 336. The largest absolute Gasteiger partial charge is 0.355 e. The summed E-state index contributed by atoms with van der Waals surface area (Å²) in [4.78, 5) is 11.0. The zero-order valence-corrected chi connectivity index (χ0v) is 12.0. The molecule has 102 valence electrons. The van der Waals surface area contributed by atoms with Crippen LogP contribution in [0.15, 0.2) is 12.2 Å². The van der Waals surface area contributed by atoms with Gasteiger partial charge in [0.1, 0.15) is 0 Å². The fourth-order valence-corrected chi connectivity index (χ4v) is 4.46. The van der Waals surface area contributed by atoms with E-state index in [0.717, 1.165) is 12.8 Å². The molecule has 1 amide bonds. The molecule has 0 bridgehead atoms. The van der Waals surface area contributed by atoms with Gasteiger partial charge >= 0.3 is 0 Å². The summed E-state index contributed by atoms with van der Waals surface area (Å²) in [5, 5.41) is 3.13. The van der Waals surface area contributed by atoms with E-state index in [-0.39, 0.29) is 0 Å². The van der Waals surface area contributed by atoms with Crippen LogP contribution in [-0.2, 0) is 4.79 Å². The van der Waals surface area contributed by atoms with Gasteiger partial charge in [0.05, 0.1) is 0 Å². The van der Waals surface area contributed by atoms with Crippen LogP contribution in [0.25, 0.3) is 0 Å². The lowest BCUT2D eigenvalue weighted by Crippen LogP contribution is -2.55. The summed E-state index contributed by atoms with van der Waals surface area (Å²) < 4.78 is 0. The summed E-state index contributed by atoms with van der Waals surface area (Å²) in [6.45, 7) is 11.3. The molecule has 2 fully saturated rings. The van der Waals surface area contributed by atoms with E-state index < -0.39 is 0 Å². The molecule has 0 saturated heterocycles. The van der Waals surface area contributed by atoms with Gasteiger partial charge in [-0.25, -0.2) is 0 Å². The number of hydrogen-bond donors (Lipinski definition) is 1. The summed E-state index contributed by atoms with van der Waals surface area (Å²) in [6.07, 6.45) is 7.13. The molecule has 2 aliphatic carbocycles. The smallest absolute Gasteiger partial charge is 0.207 e. The number of nitrogens with one attached hydrogen (secondary N) is 1. The Kier molecular flexibility index (Phi) is 3.84. The van der Waals surface area contributed by atoms with Crippen LogP contribution in [0.3, 0.4) is 0 Å². The first-order valence-corrected chi connectivity index (χ1v) is 7.37. The van der Waals surface area contributed by atoms with Crippen LogP contribution < -0.4 is 5.32 Å². The molecule has 0 aromatic rings. The van der Waals surface area contributed by atoms with Crippen molar-refractivity contribution < 1.29 is 4.79 Å². The number of rotatable bonds is 3. The first kappa shape index (κ1) is 13.6. The number of amides is 1. The highest BCUT2D eigenvalue weighted by molar-refractivity contribution is 5.47. The van der Waals surface area contributed by atoms with E-state index in [1.54, 1.807) is 0 Å². The standard InChI is InChI=1S/C16H27NO/c1-11(2)13-7-9-16(4)8-5-6-12(3)14(16)15(13)17-10-18/h10-11,13-15H,3,5-9H2,1-2,4H3,(H,17,18)/t13-,14-,15+,16+/m0/s1. The molecule has 18 heavy (non-hydrogen) atoms. The average Bonchev–Trinajstić information content (AvgIpc) is 2.28. The van der Waals surface area contributed by atoms with Gasteiger partial charge in [0.25, 0.3) is 0 Å². The third-order valence-corrected chi connectivity index (χ3v) is 5.42. The van der Waals surface area contributed by atoms with Gasteiger partial charge in [0, 0.05) is 12.0 Å². The minimum atomic E-state index is 0.300. The lowest BCUT2D eigenvalue weighted by molar-refractivity contribution is -0.112. The number of hydrogen-bond acceptors (Lipinski definition) is 1. The van der Waals surface area contributed by atoms with Crippen LogP contribution in [0.1, 0.15) is 52.9 Å². The molecule has 0 radical (unpaired) electrons. The van der Waals surface area contributed by atoms with E-state index in [2.05, 4.69) is 32.7 Å². The third kappa shape index (κ3) is 2.22. The Morgan fingerprint density at radius 2 is 2.17 bits per heavy atom. The highest BCUT2D eigenvalue weighted by atomic mass is 16.1. The predicted octanol–water partition coefficient (Wildman–Crippen LogP) is 3.53. The first-order valence-electron chi connectivity index (χ1n) is 7.37. The molecular weight excluding hydrogens is 222 g/mol. The van der Waals surface area contributed by atoms with E-state index in [1.807, 2.05) is 0 Å². The van der Waals surface area contributed by atoms with Crippen LogP contribution >= 0.6 is 0 Å². The molecule has 2 rings (SSSR count). The normalized spacial score (nSPS) is 40.4. The van der Waals surface area contributed by atoms with Crippen LogP contribution in [0.4, 0.5) is 0 Å². The molecule has 2 saturated carbocycles. The molecule has 4 atom stereocenters. The van der Waals surface area contributed by atoms with Crippen molar-refractivity contribution in [3.05, 3.63) is 12.2 Å². The topological polar surface area (TPSA) is 29.1 Å². The van der Waals surface area contributed by atoms with Gasteiger partial charge in [-0.1, -0.05) is 32.9 Å². The van der Waals surface area contributed by atoms with Crippen molar-refractivity contribution in [2.24, 2.45) is 23.2 Å². The van der Waals surface area contributed by atoms with E-state index in [9.17, 15) is 4.79 Å². The highest BCUT2D eigenvalue weighted by Gasteiger charge is 2.49. The monoisotopic (exact) mass is 249 g/mol. The number of carbonyl (C=O) groups is 1. The van der Waals surface area contributed by atoms with Crippen molar-refractivity contribution in [1.29, 1.82) is 0 Å². The molecule has 2 nitrogen and oxygen atoms in total. The molecule has 2 heteroatoms. The van der Waals surface area contributed by atoms with Gasteiger partial charge in [-0.3, -0.25) is 4.79 Å². The van der Waals surface area contributed by atoms with Gasteiger partial charge in [-0.15, -0.1) is 0 Å². The van der Waals surface area contributed by atoms with Gasteiger partial charge in [-0.2, -0.15) is 0 Å². The summed E-state index contributed by atoms with van der Waals surface area (Å²) in [7, 11) is 0. The summed E-state index contributed by atoms with van der Waals surface area (Å²) >= 11 is 0. The maximum atomic E-state index is 11.0. The second kappa shape index (κ2) is 5.07. The molecule has 1 N–H and O–H groups in total. The van der Waals surface area contributed by atoms with Crippen molar-refractivity contribution in [2.75, 3.05) is 0 Å². The lowest BCUT2D eigenvalue weighted by atomic mass is 9.53. The van der Waals surface area contributed by atoms with Crippen LogP contribution in [0.2, 0.25) is 0 Å². The number of carbonyl (C=O) groups excluding carboxylic acids is 1.